The summed E-state index contributed by atoms with van der Waals surface area (Å²) < 4.78 is 6.36. The number of ketones is 1. The predicted molar refractivity (Wildman–Crippen MR) is 84.0 cm³/mol. The van der Waals surface area contributed by atoms with Crippen LogP contribution in [0.5, 0.6) is 0 Å². The van der Waals surface area contributed by atoms with Gasteiger partial charge >= 0.3 is 0 Å². The van der Waals surface area contributed by atoms with Gasteiger partial charge in [-0.25, -0.2) is 0 Å². The van der Waals surface area contributed by atoms with Crippen molar-refractivity contribution < 1.29 is 9.21 Å². The summed E-state index contributed by atoms with van der Waals surface area (Å²) in [4.78, 5) is 12.0. The van der Waals surface area contributed by atoms with Crippen molar-refractivity contribution in [3.05, 3.63) is 64.2 Å². The van der Waals surface area contributed by atoms with Crippen LogP contribution in [0, 0.1) is 13.8 Å². The number of hydrogen-bond donors (Lipinski definition) is 1. The molecule has 0 fully saturated rings. The number of carbonyl (C=O) groups excluding carboxylic acids is 1. The van der Waals surface area contributed by atoms with Crippen LogP contribution >= 0.6 is 15.9 Å². The molecule has 1 aromatic heterocycles. The zero-order valence-electron chi connectivity index (χ0n) is 11.5. The van der Waals surface area contributed by atoms with E-state index in [0.29, 0.717) is 11.5 Å². The fourth-order valence-corrected chi connectivity index (χ4v) is 2.08. The molecule has 20 heavy (non-hydrogen) atoms. The number of furan rings is 1. The van der Waals surface area contributed by atoms with Crippen molar-refractivity contribution in [3.63, 3.8) is 0 Å². The van der Waals surface area contributed by atoms with Crippen LogP contribution in [0.4, 0.5) is 5.69 Å². The molecule has 0 saturated heterocycles. The lowest BCUT2D eigenvalue weighted by atomic mass is 10.1. The lowest BCUT2D eigenvalue weighted by Gasteiger charge is -2.10. The van der Waals surface area contributed by atoms with E-state index in [4.69, 9.17) is 4.42 Å². The number of rotatable bonds is 5. The lowest BCUT2D eigenvalue weighted by Crippen LogP contribution is -2.05. The van der Waals surface area contributed by atoms with E-state index in [1.54, 1.807) is 12.1 Å². The number of halogens is 1. The van der Waals surface area contributed by atoms with Gasteiger partial charge in [0.15, 0.2) is 5.76 Å². The van der Waals surface area contributed by atoms with Gasteiger partial charge in [-0.1, -0.05) is 22.5 Å². The van der Waals surface area contributed by atoms with Gasteiger partial charge in [-0.3, -0.25) is 4.79 Å². The van der Waals surface area contributed by atoms with E-state index in [9.17, 15) is 4.79 Å². The predicted octanol–water partition coefficient (Wildman–Crippen LogP) is 4.86. The van der Waals surface area contributed by atoms with Crippen molar-refractivity contribution in [1.82, 2.24) is 0 Å². The Morgan fingerprint density at radius 1 is 1.30 bits per heavy atom. The summed E-state index contributed by atoms with van der Waals surface area (Å²) in [7, 11) is 0. The smallest absolute Gasteiger partial charge is 0.203 e. The van der Waals surface area contributed by atoms with Crippen LogP contribution < -0.4 is 5.32 Å². The Balaban J connectivity index is 1.98. The summed E-state index contributed by atoms with van der Waals surface area (Å²) in [6.45, 7) is 7.71. The molecule has 4 heteroatoms. The van der Waals surface area contributed by atoms with Crippen LogP contribution in [0.2, 0.25) is 0 Å². The Morgan fingerprint density at radius 2 is 2.05 bits per heavy atom. The highest BCUT2D eigenvalue weighted by molar-refractivity contribution is 9.10. The van der Waals surface area contributed by atoms with Crippen molar-refractivity contribution in [2.45, 2.75) is 20.3 Å². The number of allylic oxidation sites excluding steroid dienone is 1. The molecule has 2 aromatic rings. The molecule has 0 aliphatic carbocycles. The highest BCUT2D eigenvalue weighted by atomic mass is 79.9. The van der Waals surface area contributed by atoms with Crippen molar-refractivity contribution in [1.29, 1.82) is 0 Å². The zero-order chi connectivity index (χ0) is 14.7. The largest absolute Gasteiger partial charge is 0.458 e. The maximum atomic E-state index is 12.0. The Kier molecular flexibility index (Phi) is 4.45. The fraction of sp³-hybridized carbons (Fsp3) is 0.188. The van der Waals surface area contributed by atoms with Crippen molar-refractivity contribution >= 4 is 27.4 Å². The Bertz CT molecular complexity index is 658. The van der Waals surface area contributed by atoms with Crippen LogP contribution in [0.25, 0.3) is 0 Å². The summed E-state index contributed by atoms with van der Waals surface area (Å²) in [6, 6.07) is 9.36. The van der Waals surface area contributed by atoms with Gasteiger partial charge < -0.3 is 9.73 Å². The van der Waals surface area contributed by atoms with Gasteiger partial charge in [-0.2, -0.15) is 0 Å². The number of anilines is 1. The molecule has 2 rings (SSSR count). The van der Waals surface area contributed by atoms with Crippen molar-refractivity contribution in [3.8, 4) is 0 Å². The maximum absolute atomic E-state index is 12.0. The third-order valence-corrected chi connectivity index (χ3v) is 3.76. The minimum atomic E-state index is -0.0792. The third-order valence-electron chi connectivity index (χ3n) is 2.87. The van der Waals surface area contributed by atoms with Crippen molar-refractivity contribution in [2.75, 3.05) is 5.32 Å². The quantitative estimate of drug-likeness (QED) is 0.794. The minimum Gasteiger partial charge on any atom is -0.458 e. The summed E-state index contributed by atoms with van der Waals surface area (Å²) in [6.07, 6.45) is 0.210. The molecule has 3 nitrogen and oxygen atoms in total. The first-order valence-corrected chi connectivity index (χ1v) is 7.05. The average molecular weight is 334 g/mol. The molecular formula is C16H16BrNO2. The van der Waals surface area contributed by atoms with Gasteiger partial charge in [0.25, 0.3) is 0 Å². The van der Waals surface area contributed by atoms with E-state index in [1.807, 2.05) is 32.0 Å². The average Bonchev–Trinajstić information content (AvgIpc) is 2.80. The second kappa shape index (κ2) is 6.09. The molecule has 0 atom stereocenters. The lowest BCUT2D eigenvalue weighted by molar-refractivity contribution is 0.0965. The van der Waals surface area contributed by atoms with Gasteiger partial charge in [0.05, 0.1) is 6.42 Å². The molecular weight excluding hydrogens is 318 g/mol. The Morgan fingerprint density at radius 3 is 2.65 bits per heavy atom. The van der Waals surface area contributed by atoms with Gasteiger partial charge in [0.2, 0.25) is 5.78 Å². The molecule has 0 spiro atoms. The van der Waals surface area contributed by atoms with E-state index in [2.05, 4.69) is 27.8 Å². The third kappa shape index (κ3) is 3.61. The number of hydrogen-bond acceptors (Lipinski definition) is 3. The first kappa shape index (κ1) is 14.6. The van der Waals surface area contributed by atoms with E-state index in [-0.39, 0.29) is 12.2 Å². The second-order valence-corrected chi connectivity index (χ2v) is 5.56. The molecule has 0 aliphatic rings. The van der Waals surface area contributed by atoms with Crippen LogP contribution in [0.1, 0.15) is 28.3 Å². The molecule has 104 valence electrons. The second-order valence-electron chi connectivity index (χ2n) is 4.70. The normalized spacial score (nSPS) is 10.3. The van der Waals surface area contributed by atoms with Crippen molar-refractivity contribution in [2.24, 2.45) is 0 Å². The molecule has 1 N–H and O–H groups in total. The van der Waals surface area contributed by atoms with Crippen LogP contribution in [0.15, 0.2) is 51.5 Å². The maximum Gasteiger partial charge on any atom is 0.203 e. The van der Waals surface area contributed by atoms with Gasteiger partial charge in [0, 0.05) is 15.9 Å². The number of aryl methyl sites for hydroxylation is 2. The first-order valence-electron chi connectivity index (χ1n) is 6.26. The zero-order valence-corrected chi connectivity index (χ0v) is 13.1. The summed E-state index contributed by atoms with van der Waals surface area (Å²) in [5.74, 6) is 1.03. The highest BCUT2D eigenvalue weighted by Gasteiger charge is 2.11. The van der Waals surface area contributed by atoms with E-state index in [0.717, 1.165) is 21.5 Å². The van der Waals surface area contributed by atoms with E-state index < -0.39 is 0 Å². The Hall–Kier alpha value is -1.81. The highest BCUT2D eigenvalue weighted by Crippen LogP contribution is 2.21. The van der Waals surface area contributed by atoms with Gasteiger partial charge in [-0.05, 0) is 49.7 Å². The first-order chi connectivity index (χ1) is 9.45. The monoisotopic (exact) mass is 333 g/mol. The van der Waals surface area contributed by atoms with E-state index in [1.165, 1.54) is 0 Å². The molecule has 0 amide bonds. The van der Waals surface area contributed by atoms with Crippen LogP contribution in [0.3, 0.4) is 0 Å². The molecule has 0 saturated carbocycles. The molecule has 0 bridgehead atoms. The topological polar surface area (TPSA) is 42.2 Å². The number of Topliss-reactive ketones (excluding diaryl/α,β-unsaturated/α-hetero) is 1. The molecule has 1 heterocycles. The molecule has 0 radical (unpaired) electrons. The van der Waals surface area contributed by atoms with Gasteiger partial charge in [-0.15, -0.1) is 0 Å². The summed E-state index contributed by atoms with van der Waals surface area (Å²) in [5.41, 5.74) is 2.68. The summed E-state index contributed by atoms with van der Waals surface area (Å²) >= 11 is 3.45. The fourth-order valence-electron chi connectivity index (χ4n) is 1.84. The minimum absolute atomic E-state index is 0.0792. The SMILES string of the molecule is C=C(CC(=O)c1ccc(C)o1)Nc1ccc(Br)c(C)c1. The van der Waals surface area contributed by atoms with Crippen LogP contribution in [-0.2, 0) is 0 Å². The van der Waals surface area contributed by atoms with E-state index >= 15 is 0 Å². The Labute approximate surface area is 126 Å². The van der Waals surface area contributed by atoms with Gasteiger partial charge in [0.1, 0.15) is 5.76 Å². The van der Waals surface area contributed by atoms with Crippen LogP contribution in [-0.4, -0.2) is 5.78 Å². The number of benzene rings is 1. The molecule has 0 aliphatic heterocycles. The molecule has 0 unspecified atom stereocenters. The molecule has 1 aromatic carbocycles. The number of nitrogens with one attached hydrogen (secondary N) is 1. The standard InChI is InChI=1S/C16H16BrNO2/c1-10-8-13(5-6-14(10)17)18-11(2)9-15(19)16-7-4-12(3)20-16/h4-8,18H,2,9H2,1,3H3. The summed E-state index contributed by atoms with van der Waals surface area (Å²) in [5, 5.41) is 3.14. The number of carbonyl (C=O) groups is 1.